The van der Waals surface area contributed by atoms with Gasteiger partial charge in [-0.25, -0.2) is 4.79 Å². The largest absolute Gasteiger partial charge is 0.465 e. The van der Waals surface area contributed by atoms with Crippen molar-refractivity contribution in [3.8, 4) is 0 Å². The van der Waals surface area contributed by atoms with E-state index in [0.29, 0.717) is 11.5 Å². The number of hydrogen-bond donors (Lipinski definition) is 0. The maximum Gasteiger partial charge on any atom is 0.337 e. The minimum absolute atomic E-state index is 0.284. The predicted molar refractivity (Wildman–Crippen MR) is 52.2 cm³/mol. The molecule has 0 unspecified atom stereocenters. The Morgan fingerprint density at radius 3 is 2.93 bits per heavy atom. The standard InChI is InChI=1S/C11H13NO2/c1-14-11(13)9-5-6-12-10(7-9)8-3-2-4-8/h5-8H,2-4H2,1H3. The van der Waals surface area contributed by atoms with Crippen LogP contribution in [0.5, 0.6) is 0 Å². The third kappa shape index (κ3) is 1.62. The van der Waals surface area contributed by atoms with Crippen molar-refractivity contribution in [2.24, 2.45) is 0 Å². The van der Waals surface area contributed by atoms with Gasteiger partial charge in [0, 0.05) is 17.8 Å². The molecular weight excluding hydrogens is 178 g/mol. The number of aromatic nitrogens is 1. The van der Waals surface area contributed by atoms with Gasteiger partial charge in [0.05, 0.1) is 12.7 Å². The summed E-state index contributed by atoms with van der Waals surface area (Å²) < 4.78 is 4.66. The molecule has 1 aliphatic carbocycles. The molecule has 0 atom stereocenters. The van der Waals surface area contributed by atoms with Crippen LogP contribution in [0.2, 0.25) is 0 Å². The van der Waals surface area contributed by atoms with Crippen LogP contribution in [0.4, 0.5) is 0 Å². The number of pyridine rings is 1. The highest BCUT2D eigenvalue weighted by atomic mass is 16.5. The van der Waals surface area contributed by atoms with E-state index in [4.69, 9.17) is 0 Å². The summed E-state index contributed by atoms with van der Waals surface area (Å²) in [5.74, 6) is 0.271. The maximum atomic E-state index is 11.2. The summed E-state index contributed by atoms with van der Waals surface area (Å²) in [6.45, 7) is 0. The summed E-state index contributed by atoms with van der Waals surface area (Å²) in [4.78, 5) is 15.5. The molecule has 0 aromatic carbocycles. The van der Waals surface area contributed by atoms with Gasteiger partial charge in [-0.05, 0) is 25.0 Å². The minimum atomic E-state index is -0.284. The average molecular weight is 191 g/mol. The fourth-order valence-electron chi connectivity index (χ4n) is 1.62. The highest BCUT2D eigenvalue weighted by Gasteiger charge is 2.21. The maximum absolute atomic E-state index is 11.2. The van der Waals surface area contributed by atoms with Gasteiger partial charge in [-0.1, -0.05) is 6.42 Å². The molecule has 3 nitrogen and oxygen atoms in total. The van der Waals surface area contributed by atoms with Crippen LogP contribution in [0.25, 0.3) is 0 Å². The Balaban J connectivity index is 2.21. The lowest BCUT2D eigenvalue weighted by molar-refractivity contribution is 0.0600. The third-order valence-corrected chi connectivity index (χ3v) is 2.73. The number of rotatable bonds is 2. The van der Waals surface area contributed by atoms with Gasteiger partial charge in [0.2, 0.25) is 0 Å². The molecule has 0 radical (unpaired) electrons. The quantitative estimate of drug-likeness (QED) is 0.672. The van der Waals surface area contributed by atoms with E-state index in [-0.39, 0.29) is 5.97 Å². The number of hydrogen-bond acceptors (Lipinski definition) is 3. The van der Waals surface area contributed by atoms with Gasteiger partial charge in [0.25, 0.3) is 0 Å². The summed E-state index contributed by atoms with van der Waals surface area (Å²) in [5.41, 5.74) is 1.63. The number of methoxy groups -OCH3 is 1. The highest BCUT2D eigenvalue weighted by molar-refractivity contribution is 5.89. The molecule has 1 fully saturated rings. The Bertz CT molecular complexity index is 345. The first kappa shape index (κ1) is 9.19. The van der Waals surface area contributed by atoms with Crippen LogP contribution >= 0.6 is 0 Å². The Hall–Kier alpha value is -1.38. The van der Waals surface area contributed by atoms with Gasteiger partial charge >= 0.3 is 5.97 Å². The first-order valence-corrected chi connectivity index (χ1v) is 4.85. The van der Waals surface area contributed by atoms with E-state index in [0.717, 1.165) is 5.69 Å². The van der Waals surface area contributed by atoms with Gasteiger partial charge in [-0.3, -0.25) is 4.98 Å². The Kier molecular flexibility index (Phi) is 2.48. The molecule has 74 valence electrons. The number of esters is 1. The van der Waals surface area contributed by atoms with Crippen LogP contribution < -0.4 is 0 Å². The second kappa shape index (κ2) is 3.78. The number of ether oxygens (including phenoxy) is 1. The number of carbonyl (C=O) groups excluding carboxylic acids is 1. The van der Waals surface area contributed by atoms with Crippen LogP contribution in [-0.4, -0.2) is 18.1 Å². The summed E-state index contributed by atoms with van der Waals surface area (Å²) >= 11 is 0. The summed E-state index contributed by atoms with van der Waals surface area (Å²) in [5, 5.41) is 0. The summed E-state index contributed by atoms with van der Waals surface area (Å²) in [6.07, 6.45) is 5.34. The Morgan fingerprint density at radius 2 is 2.36 bits per heavy atom. The van der Waals surface area contributed by atoms with Crippen molar-refractivity contribution in [2.75, 3.05) is 7.11 Å². The monoisotopic (exact) mass is 191 g/mol. The smallest absolute Gasteiger partial charge is 0.337 e. The van der Waals surface area contributed by atoms with Crippen LogP contribution in [0.3, 0.4) is 0 Å². The molecular formula is C11H13NO2. The molecule has 0 bridgehead atoms. The minimum Gasteiger partial charge on any atom is -0.465 e. The number of carbonyl (C=O) groups is 1. The normalized spacial score (nSPS) is 16.1. The number of nitrogens with zero attached hydrogens (tertiary/aromatic N) is 1. The molecule has 0 N–H and O–H groups in total. The molecule has 1 aromatic heterocycles. The molecule has 1 aliphatic rings. The van der Waals surface area contributed by atoms with E-state index < -0.39 is 0 Å². The lowest BCUT2D eigenvalue weighted by atomic mass is 9.82. The molecule has 1 saturated carbocycles. The molecule has 1 heterocycles. The summed E-state index contributed by atoms with van der Waals surface area (Å²) in [6, 6.07) is 3.53. The van der Waals surface area contributed by atoms with Gasteiger partial charge in [-0.15, -0.1) is 0 Å². The first-order valence-electron chi connectivity index (χ1n) is 4.85. The Labute approximate surface area is 83.1 Å². The van der Waals surface area contributed by atoms with Gasteiger partial charge in [0.1, 0.15) is 0 Å². The van der Waals surface area contributed by atoms with E-state index in [9.17, 15) is 4.79 Å². The topological polar surface area (TPSA) is 39.2 Å². The van der Waals surface area contributed by atoms with Gasteiger partial charge in [0.15, 0.2) is 0 Å². The fraction of sp³-hybridized carbons (Fsp3) is 0.455. The van der Waals surface area contributed by atoms with E-state index >= 15 is 0 Å². The second-order valence-electron chi connectivity index (χ2n) is 3.59. The van der Waals surface area contributed by atoms with Crippen LogP contribution in [0, 0.1) is 0 Å². The molecule has 2 rings (SSSR count). The zero-order valence-corrected chi connectivity index (χ0v) is 8.19. The van der Waals surface area contributed by atoms with E-state index in [1.807, 2.05) is 6.07 Å². The Morgan fingerprint density at radius 1 is 1.57 bits per heavy atom. The van der Waals surface area contributed by atoms with E-state index in [1.165, 1.54) is 26.4 Å². The van der Waals surface area contributed by atoms with E-state index in [2.05, 4.69) is 9.72 Å². The van der Waals surface area contributed by atoms with Crippen molar-refractivity contribution in [3.63, 3.8) is 0 Å². The molecule has 0 saturated heterocycles. The first-order chi connectivity index (χ1) is 6.81. The second-order valence-corrected chi connectivity index (χ2v) is 3.59. The highest BCUT2D eigenvalue weighted by Crippen LogP contribution is 2.35. The van der Waals surface area contributed by atoms with Crippen molar-refractivity contribution in [2.45, 2.75) is 25.2 Å². The van der Waals surface area contributed by atoms with Crippen molar-refractivity contribution >= 4 is 5.97 Å². The average Bonchev–Trinajstić information content (AvgIpc) is 2.14. The van der Waals surface area contributed by atoms with Crippen molar-refractivity contribution < 1.29 is 9.53 Å². The molecule has 0 aliphatic heterocycles. The lowest BCUT2D eigenvalue weighted by Crippen LogP contribution is -2.12. The molecule has 14 heavy (non-hydrogen) atoms. The van der Waals surface area contributed by atoms with E-state index in [1.54, 1.807) is 12.3 Å². The molecule has 1 aromatic rings. The van der Waals surface area contributed by atoms with Crippen LogP contribution in [0.15, 0.2) is 18.3 Å². The SMILES string of the molecule is COC(=O)c1ccnc(C2CCC2)c1. The molecule has 0 amide bonds. The van der Waals surface area contributed by atoms with Crippen LogP contribution in [-0.2, 0) is 4.74 Å². The molecule has 0 spiro atoms. The van der Waals surface area contributed by atoms with Gasteiger partial charge < -0.3 is 4.74 Å². The summed E-state index contributed by atoms with van der Waals surface area (Å²) in [7, 11) is 1.39. The van der Waals surface area contributed by atoms with Crippen molar-refractivity contribution in [1.82, 2.24) is 4.98 Å². The lowest BCUT2D eigenvalue weighted by Gasteiger charge is -2.24. The van der Waals surface area contributed by atoms with Crippen molar-refractivity contribution in [1.29, 1.82) is 0 Å². The van der Waals surface area contributed by atoms with Crippen LogP contribution in [0.1, 0.15) is 41.2 Å². The predicted octanol–water partition coefficient (Wildman–Crippen LogP) is 2.14. The van der Waals surface area contributed by atoms with Crippen molar-refractivity contribution in [3.05, 3.63) is 29.6 Å². The zero-order chi connectivity index (χ0) is 9.97. The third-order valence-electron chi connectivity index (χ3n) is 2.73. The zero-order valence-electron chi connectivity index (χ0n) is 8.19. The molecule has 3 heteroatoms. The van der Waals surface area contributed by atoms with Gasteiger partial charge in [-0.2, -0.15) is 0 Å². The fourth-order valence-corrected chi connectivity index (χ4v) is 1.62.